The Morgan fingerprint density at radius 1 is 1.70 bits per heavy atom. The zero-order chi connectivity index (χ0) is 14.4. The molecule has 0 bridgehead atoms. The number of piperidine rings is 1. The predicted molar refractivity (Wildman–Crippen MR) is 77.4 cm³/mol. The Labute approximate surface area is 118 Å². The molecule has 110 valence electrons. The summed E-state index contributed by atoms with van der Waals surface area (Å²) in [6.45, 7) is 5.11. The highest BCUT2D eigenvalue weighted by Gasteiger charge is 2.17. The van der Waals surface area contributed by atoms with Crippen LogP contribution in [0.4, 0.5) is 0 Å². The predicted octanol–water partition coefficient (Wildman–Crippen LogP) is 0.186. The second-order valence-corrected chi connectivity index (χ2v) is 5.16. The first-order valence-electron chi connectivity index (χ1n) is 6.99. The summed E-state index contributed by atoms with van der Waals surface area (Å²) < 4.78 is 0. The highest BCUT2D eigenvalue weighted by Crippen LogP contribution is 2.14. The van der Waals surface area contributed by atoms with E-state index in [0.717, 1.165) is 19.5 Å². The van der Waals surface area contributed by atoms with Crippen LogP contribution in [-0.2, 0) is 0 Å². The number of aromatic amines is 1. The SMILES string of the molecule is CC1CCCN(C(N)=NCCNC(=O)c2ccn[nH]2)C1. The van der Waals surface area contributed by atoms with Crippen molar-refractivity contribution in [2.75, 3.05) is 26.2 Å². The number of nitrogens with zero attached hydrogens (tertiary/aromatic N) is 3. The number of carbonyl (C=O) groups excluding carboxylic acids is 1. The van der Waals surface area contributed by atoms with Crippen LogP contribution in [0.15, 0.2) is 17.3 Å². The Morgan fingerprint density at radius 3 is 3.25 bits per heavy atom. The van der Waals surface area contributed by atoms with Gasteiger partial charge in [0.05, 0.1) is 6.54 Å². The molecule has 4 N–H and O–H groups in total. The maximum atomic E-state index is 11.6. The minimum atomic E-state index is -0.178. The van der Waals surface area contributed by atoms with Crippen molar-refractivity contribution >= 4 is 11.9 Å². The lowest BCUT2D eigenvalue weighted by Gasteiger charge is -2.31. The van der Waals surface area contributed by atoms with Gasteiger partial charge < -0.3 is 16.0 Å². The second kappa shape index (κ2) is 6.93. The first-order valence-corrected chi connectivity index (χ1v) is 6.99. The van der Waals surface area contributed by atoms with Crippen LogP contribution in [0.2, 0.25) is 0 Å². The third-order valence-electron chi connectivity index (χ3n) is 3.40. The summed E-state index contributed by atoms with van der Waals surface area (Å²) in [7, 11) is 0. The summed E-state index contributed by atoms with van der Waals surface area (Å²) in [6, 6.07) is 1.63. The Bertz CT molecular complexity index is 455. The highest BCUT2D eigenvalue weighted by atomic mass is 16.1. The number of hydrogen-bond donors (Lipinski definition) is 3. The number of carbonyl (C=O) groups is 1. The van der Waals surface area contributed by atoms with E-state index < -0.39 is 0 Å². The Morgan fingerprint density at radius 2 is 2.55 bits per heavy atom. The third-order valence-corrected chi connectivity index (χ3v) is 3.40. The standard InChI is InChI=1S/C13H22N6O/c1-10-3-2-8-19(9-10)13(14)16-7-6-15-12(20)11-4-5-17-18-11/h4-5,10H,2-3,6-9H2,1H3,(H2,14,16)(H,15,20)(H,17,18). The largest absolute Gasteiger partial charge is 0.370 e. The molecule has 1 aromatic heterocycles. The van der Waals surface area contributed by atoms with Gasteiger partial charge in [-0.25, -0.2) is 0 Å². The lowest BCUT2D eigenvalue weighted by atomic mass is 10.0. The molecule has 2 rings (SSSR count). The number of nitrogens with one attached hydrogen (secondary N) is 2. The number of nitrogens with two attached hydrogens (primary N) is 1. The first kappa shape index (κ1) is 14.4. The summed E-state index contributed by atoms with van der Waals surface area (Å²) in [5.74, 6) is 1.06. The molecule has 1 amide bonds. The molecule has 0 spiro atoms. The van der Waals surface area contributed by atoms with Crippen molar-refractivity contribution in [3.05, 3.63) is 18.0 Å². The fourth-order valence-corrected chi connectivity index (χ4v) is 2.31. The lowest BCUT2D eigenvalue weighted by molar-refractivity contribution is 0.0950. The molecule has 0 radical (unpaired) electrons. The summed E-state index contributed by atoms with van der Waals surface area (Å²) in [6.07, 6.45) is 3.96. The van der Waals surface area contributed by atoms with E-state index in [4.69, 9.17) is 5.73 Å². The van der Waals surface area contributed by atoms with Crippen LogP contribution in [0.25, 0.3) is 0 Å². The van der Waals surface area contributed by atoms with Crippen LogP contribution < -0.4 is 11.1 Å². The maximum Gasteiger partial charge on any atom is 0.269 e. The smallest absolute Gasteiger partial charge is 0.269 e. The molecular weight excluding hydrogens is 256 g/mol. The van der Waals surface area contributed by atoms with Gasteiger partial charge in [0.2, 0.25) is 0 Å². The van der Waals surface area contributed by atoms with Crippen LogP contribution in [-0.4, -0.2) is 53.1 Å². The van der Waals surface area contributed by atoms with E-state index in [9.17, 15) is 4.79 Å². The maximum absolute atomic E-state index is 11.6. The average molecular weight is 278 g/mol. The molecule has 1 unspecified atom stereocenters. The molecule has 2 heterocycles. The molecule has 1 fully saturated rings. The number of aliphatic imine (C=N–C) groups is 1. The molecule has 0 aromatic carbocycles. The van der Waals surface area contributed by atoms with Gasteiger partial charge in [0.15, 0.2) is 5.96 Å². The van der Waals surface area contributed by atoms with Gasteiger partial charge in [-0.15, -0.1) is 0 Å². The second-order valence-electron chi connectivity index (χ2n) is 5.16. The number of amides is 1. The van der Waals surface area contributed by atoms with Crippen molar-refractivity contribution in [3.8, 4) is 0 Å². The lowest BCUT2D eigenvalue weighted by Crippen LogP contribution is -2.43. The van der Waals surface area contributed by atoms with Gasteiger partial charge in [-0.3, -0.25) is 14.9 Å². The van der Waals surface area contributed by atoms with Crippen LogP contribution in [0.3, 0.4) is 0 Å². The van der Waals surface area contributed by atoms with Gasteiger partial charge in [-0.2, -0.15) is 5.10 Å². The summed E-state index contributed by atoms with van der Waals surface area (Å²) in [5.41, 5.74) is 6.42. The molecule has 1 atom stereocenters. The van der Waals surface area contributed by atoms with Gasteiger partial charge in [0.25, 0.3) is 5.91 Å². The zero-order valence-corrected chi connectivity index (χ0v) is 11.8. The number of H-pyrrole nitrogens is 1. The molecule has 1 saturated heterocycles. The van der Waals surface area contributed by atoms with Crippen molar-refractivity contribution in [1.82, 2.24) is 20.4 Å². The first-order chi connectivity index (χ1) is 9.66. The summed E-state index contributed by atoms with van der Waals surface area (Å²) >= 11 is 0. The van der Waals surface area contributed by atoms with Crippen molar-refractivity contribution in [3.63, 3.8) is 0 Å². The van der Waals surface area contributed by atoms with E-state index in [-0.39, 0.29) is 5.91 Å². The Balaban J connectivity index is 1.71. The van der Waals surface area contributed by atoms with Gasteiger partial charge in [-0.05, 0) is 24.8 Å². The zero-order valence-electron chi connectivity index (χ0n) is 11.8. The van der Waals surface area contributed by atoms with E-state index in [1.165, 1.54) is 6.42 Å². The number of aromatic nitrogens is 2. The van der Waals surface area contributed by atoms with Gasteiger partial charge in [0, 0.05) is 25.8 Å². The van der Waals surface area contributed by atoms with Crippen molar-refractivity contribution in [2.45, 2.75) is 19.8 Å². The van der Waals surface area contributed by atoms with Crippen LogP contribution >= 0.6 is 0 Å². The quantitative estimate of drug-likeness (QED) is 0.416. The molecular formula is C13H22N6O. The number of likely N-dealkylation sites (tertiary alicyclic amines) is 1. The molecule has 7 heteroatoms. The molecule has 20 heavy (non-hydrogen) atoms. The fourth-order valence-electron chi connectivity index (χ4n) is 2.31. The van der Waals surface area contributed by atoms with E-state index in [2.05, 4.69) is 32.3 Å². The van der Waals surface area contributed by atoms with Crippen LogP contribution in [0.1, 0.15) is 30.3 Å². The molecule has 1 aliphatic heterocycles. The van der Waals surface area contributed by atoms with Crippen molar-refractivity contribution < 1.29 is 4.79 Å². The number of hydrogen-bond acceptors (Lipinski definition) is 3. The topological polar surface area (TPSA) is 99.4 Å². The van der Waals surface area contributed by atoms with Crippen LogP contribution in [0.5, 0.6) is 0 Å². The number of guanidine groups is 1. The fraction of sp³-hybridized carbons (Fsp3) is 0.615. The molecule has 0 aliphatic carbocycles. The number of rotatable bonds is 4. The van der Waals surface area contributed by atoms with E-state index in [0.29, 0.717) is 30.7 Å². The summed E-state index contributed by atoms with van der Waals surface area (Å²) in [5, 5.41) is 9.10. The minimum absolute atomic E-state index is 0.178. The molecule has 1 aliphatic rings. The summed E-state index contributed by atoms with van der Waals surface area (Å²) in [4.78, 5) is 18.1. The third kappa shape index (κ3) is 3.97. The Kier molecular flexibility index (Phi) is 4.97. The van der Waals surface area contributed by atoms with Gasteiger partial charge >= 0.3 is 0 Å². The molecule has 0 saturated carbocycles. The average Bonchev–Trinajstić information content (AvgIpc) is 2.97. The van der Waals surface area contributed by atoms with Crippen molar-refractivity contribution in [1.29, 1.82) is 0 Å². The molecule has 1 aromatic rings. The van der Waals surface area contributed by atoms with Crippen molar-refractivity contribution in [2.24, 2.45) is 16.6 Å². The van der Waals surface area contributed by atoms with Gasteiger partial charge in [-0.1, -0.05) is 6.92 Å². The van der Waals surface area contributed by atoms with E-state index >= 15 is 0 Å². The normalized spacial score (nSPS) is 19.9. The van der Waals surface area contributed by atoms with E-state index in [1.807, 2.05) is 0 Å². The Hall–Kier alpha value is -2.05. The molecule has 7 nitrogen and oxygen atoms in total. The highest BCUT2D eigenvalue weighted by molar-refractivity contribution is 5.92. The minimum Gasteiger partial charge on any atom is -0.370 e. The van der Waals surface area contributed by atoms with E-state index in [1.54, 1.807) is 12.3 Å². The van der Waals surface area contributed by atoms with Crippen LogP contribution in [0, 0.1) is 5.92 Å². The van der Waals surface area contributed by atoms with Gasteiger partial charge in [0.1, 0.15) is 5.69 Å². The monoisotopic (exact) mass is 278 g/mol.